The molecule has 1 saturated heterocycles. The zero-order valence-corrected chi connectivity index (χ0v) is 15.8. The van der Waals surface area contributed by atoms with E-state index in [4.69, 9.17) is 16.3 Å². The third kappa shape index (κ3) is 5.36. The Morgan fingerprint density at radius 2 is 2.19 bits per heavy atom. The van der Waals surface area contributed by atoms with Gasteiger partial charge in [-0.2, -0.15) is 0 Å². The zero-order valence-electron chi connectivity index (χ0n) is 15.0. The number of carbonyl (C=O) groups excluding carboxylic acids is 3. The number of anilines is 1. The monoisotopic (exact) mass is 381 g/mol. The largest absolute Gasteiger partial charge is 0.466 e. The van der Waals surface area contributed by atoms with E-state index in [-0.39, 0.29) is 24.8 Å². The molecule has 1 fully saturated rings. The Bertz CT molecular complexity index is 680. The highest BCUT2D eigenvalue weighted by molar-refractivity contribution is 6.30. The van der Waals surface area contributed by atoms with E-state index in [0.29, 0.717) is 31.1 Å². The second-order valence-electron chi connectivity index (χ2n) is 6.13. The van der Waals surface area contributed by atoms with Gasteiger partial charge in [0.25, 0.3) is 0 Å². The number of hydrogen-bond acceptors (Lipinski definition) is 5. The summed E-state index contributed by atoms with van der Waals surface area (Å²) >= 11 is 5.98. The van der Waals surface area contributed by atoms with E-state index in [0.717, 1.165) is 11.3 Å². The summed E-state index contributed by atoms with van der Waals surface area (Å²) in [6, 6.07) is 4.53. The second kappa shape index (κ2) is 9.43. The smallest absolute Gasteiger partial charge is 0.308 e. The summed E-state index contributed by atoms with van der Waals surface area (Å²) in [5.41, 5.74) is 1.71. The topological polar surface area (TPSA) is 87.7 Å². The first-order valence-electron chi connectivity index (χ1n) is 8.65. The summed E-state index contributed by atoms with van der Waals surface area (Å²) in [4.78, 5) is 38.1. The number of esters is 1. The van der Waals surface area contributed by atoms with E-state index < -0.39 is 12.0 Å². The van der Waals surface area contributed by atoms with Crippen molar-refractivity contribution >= 4 is 35.1 Å². The first-order chi connectivity index (χ1) is 12.4. The lowest BCUT2D eigenvalue weighted by Crippen LogP contribution is -2.58. The second-order valence-corrected chi connectivity index (χ2v) is 6.57. The van der Waals surface area contributed by atoms with Crippen LogP contribution < -0.4 is 10.6 Å². The van der Waals surface area contributed by atoms with Crippen LogP contribution in [0.3, 0.4) is 0 Å². The van der Waals surface area contributed by atoms with Gasteiger partial charge in [-0.1, -0.05) is 24.6 Å². The van der Waals surface area contributed by atoms with Crippen molar-refractivity contribution in [2.75, 3.05) is 31.6 Å². The molecule has 7 nitrogen and oxygen atoms in total. The highest BCUT2D eigenvalue weighted by atomic mass is 35.5. The Kier molecular flexibility index (Phi) is 7.26. The van der Waals surface area contributed by atoms with E-state index in [2.05, 4.69) is 10.6 Å². The van der Waals surface area contributed by atoms with Gasteiger partial charge in [-0.05, 0) is 31.0 Å². The Balaban J connectivity index is 2.00. The summed E-state index contributed by atoms with van der Waals surface area (Å²) in [5.74, 6) is -1.07. The Morgan fingerprint density at radius 3 is 2.92 bits per heavy atom. The molecule has 1 aromatic rings. The lowest BCUT2D eigenvalue weighted by Gasteiger charge is -2.34. The molecule has 1 aliphatic heterocycles. The van der Waals surface area contributed by atoms with Crippen LogP contribution in [0, 0.1) is 6.92 Å². The van der Waals surface area contributed by atoms with Crippen molar-refractivity contribution in [1.29, 1.82) is 0 Å². The van der Waals surface area contributed by atoms with Gasteiger partial charge in [0.15, 0.2) is 0 Å². The summed E-state index contributed by atoms with van der Waals surface area (Å²) in [5, 5.41) is 6.31. The number of hydrogen-bond donors (Lipinski definition) is 2. The van der Waals surface area contributed by atoms with Crippen molar-refractivity contribution in [2.24, 2.45) is 0 Å². The van der Waals surface area contributed by atoms with Gasteiger partial charge >= 0.3 is 5.97 Å². The quantitative estimate of drug-likeness (QED) is 0.702. The SMILES string of the molecule is CCCOC(=O)CC1C(=O)NCCN1C(=O)CNc1cc(Cl)ccc1C. The van der Waals surface area contributed by atoms with Gasteiger partial charge in [0.1, 0.15) is 6.04 Å². The summed E-state index contributed by atoms with van der Waals surface area (Å²) in [6.07, 6.45) is 0.557. The number of piperazine rings is 1. The molecule has 0 radical (unpaired) electrons. The fourth-order valence-electron chi connectivity index (χ4n) is 2.71. The molecule has 2 amide bonds. The molecule has 2 rings (SSSR count). The van der Waals surface area contributed by atoms with Crippen LogP contribution in [0.1, 0.15) is 25.3 Å². The highest BCUT2D eigenvalue weighted by Gasteiger charge is 2.34. The Morgan fingerprint density at radius 1 is 1.42 bits per heavy atom. The molecule has 0 spiro atoms. The molecule has 142 valence electrons. The highest BCUT2D eigenvalue weighted by Crippen LogP contribution is 2.20. The van der Waals surface area contributed by atoms with Gasteiger partial charge < -0.3 is 20.3 Å². The van der Waals surface area contributed by atoms with Crippen molar-refractivity contribution in [3.05, 3.63) is 28.8 Å². The van der Waals surface area contributed by atoms with E-state index >= 15 is 0 Å². The van der Waals surface area contributed by atoms with E-state index in [1.807, 2.05) is 19.9 Å². The normalized spacial score (nSPS) is 16.8. The number of halogens is 1. The average molecular weight is 382 g/mol. The number of nitrogens with zero attached hydrogens (tertiary/aromatic N) is 1. The predicted octanol–water partition coefficient (Wildman–Crippen LogP) is 1.73. The maximum atomic E-state index is 12.6. The number of rotatable bonds is 7. The minimum Gasteiger partial charge on any atom is -0.466 e. The first-order valence-corrected chi connectivity index (χ1v) is 9.03. The average Bonchev–Trinajstić information content (AvgIpc) is 2.62. The van der Waals surface area contributed by atoms with E-state index in [1.54, 1.807) is 12.1 Å². The van der Waals surface area contributed by atoms with Gasteiger partial charge in [0.2, 0.25) is 11.8 Å². The van der Waals surface area contributed by atoms with Crippen LogP contribution in [-0.4, -0.2) is 55.0 Å². The van der Waals surface area contributed by atoms with Crippen molar-refractivity contribution < 1.29 is 19.1 Å². The van der Waals surface area contributed by atoms with Crippen LogP contribution in [0.2, 0.25) is 5.02 Å². The predicted molar refractivity (Wildman–Crippen MR) is 99.1 cm³/mol. The van der Waals surface area contributed by atoms with Crippen molar-refractivity contribution in [3.63, 3.8) is 0 Å². The lowest BCUT2D eigenvalue weighted by atomic mass is 10.1. The maximum Gasteiger partial charge on any atom is 0.308 e. The Hall–Kier alpha value is -2.28. The number of amides is 2. The molecular weight excluding hydrogens is 358 g/mol. The van der Waals surface area contributed by atoms with Crippen molar-refractivity contribution in [1.82, 2.24) is 10.2 Å². The van der Waals surface area contributed by atoms with Gasteiger partial charge in [0.05, 0.1) is 19.6 Å². The molecule has 26 heavy (non-hydrogen) atoms. The number of ether oxygens (including phenoxy) is 1. The minimum atomic E-state index is -0.845. The molecule has 1 aliphatic rings. The maximum absolute atomic E-state index is 12.6. The van der Waals surface area contributed by atoms with E-state index in [1.165, 1.54) is 4.90 Å². The standard InChI is InChI=1S/C18H24ClN3O4/c1-3-8-26-17(24)10-15-18(25)20-6-7-22(15)16(23)11-21-14-9-13(19)5-4-12(14)2/h4-5,9,15,21H,3,6-8,10-11H2,1-2H3,(H,20,25). The molecule has 2 N–H and O–H groups in total. The van der Waals surface area contributed by atoms with E-state index in [9.17, 15) is 14.4 Å². The van der Waals surface area contributed by atoms with Crippen LogP contribution in [0.5, 0.6) is 0 Å². The number of carbonyl (C=O) groups is 3. The fourth-order valence-corrected chi connectivity index (χ4v) is 2.88. The molecule has 0 saturated carbocycles. The molecule has 0 aliphatic carbocycles. The third-order valence-corrected chi connectivity index (χ3v) is 4.34. The molecule has 1 unspecified atom stereocenters. The Labute approximate surface area is 158 Å². The minimum absolute atomic E-state index is 0.00890. The van der Waals surface area contributed by atoms with Gasteiger partial charge in [-0.25, -0.2) is 0 Å². The lowest BCUT2D eigenvalue weighted by molar-refractivity contribution is -0.151. The molecule has 1 heterocycles. The van der Waals surface area contributed by atoms with Gasteiger partial charge in [0, 0.05) is 23.8 Å². The first kappa shape index (κ1) is 20.0. The van der Waals surface area contributed by atoms with Gasteiger partial charge in [-0.3, -0.25) is 14.4 Å². The van der Waals surface area contributed by atoms with Gasteiger partial charge in [-0.15, -0.1) is 0 Å². The van der Waals surface area contributed by atoms with Crippen LogP contribution in [0.15, 0.2) is 18.2 Å². The fraction of sp³-hybridized carbons (Fsp3) is 0.500. The number of aryl methyl sites for hydroxylation is 1. The zero-order chi connectivity index (χ0) is 19.1. The number of nitrogens with one attached hydrogen (secondary N) is 2. The van der Waals surface area contributed by atoms with Crippen LogP contribution in [0.4, 0.5) is 5.69 Å². The van der Waals surface area contributed by atoms with Crippen LogP contribution in [-0.2, 0) is 19.1 Å². The molecule has 0 aromatic heterocycles. The third-order valence-electron chi connectivity index (χ3n) is 4.11. The molecule has 1 atom stereocenters. The van der Waals surface area contributed by atoms with Crippen molar-refractivity contribution in [2.45, 2.75) is 32.7 Å². The summed E-state index contributed by atoms with van der Waals surface area (Å²) in [7, 11) is 0. The van der Waals surface area contributed by atoms with Crippen LogP contribution >= 0.6 is 11.6 Å². The molecule has 8 heteroatoms. The molecule has 0 bridgehead atoms. The summed E-state index contributed by atoms with van der Waals surface area (Å²) < 4.78 is 5.04. The summed E-state index contributed by atoms with van der Waals surface area (Å²) in [6.45, 7) is 4.82. The van der Waals surface area contributed by atoms with Crippen LogP contribution in [0.25, 0.3) is 0 Å². The number of benzene rings is 1. The van der Waals surface area contributed by atoms with Crippen molar-refractivity contribution in [3.8, 4) is 0 Å². The molecular formula is C18H24ClN3O4. The molecule has 1 aromatic carbocycles.